The van der Waals surface area contributed by atoms with E-state index in [-0.39, 0.29) is 0 Å². The minimum absolute atomic E-state index is 0.468. The molecule has 1 aromatic heterocycles. The third-order valence-corrected chi connectivity index (χ3v) is 1.89. The largest absolute Gasteiger partial charge is 0.386 e. The Balaban J connectivity index is 2.65. The van der Waals surface area contributed by atoms with Crippen LogP contribution in [-0.2, 0) is 0 Å². The van der Waals surface area contributed by atoms with Crippen molar-refractivity contribution in [2.24, 2.45) is 0 Å². The monoisotopic (exact) mass is 142 g/mol. The van der Waals surface area contributed by atoms with E-state index >= 15 is 0 Å². The lowest BCUT2D eigenvalue weighted by atomic mass is 10.3. The Morgan fingerprint density at radius 1 is 1.89 bits per heavy atom. The number of aliphatic hydroxyl groups is 1. The van der Waals surface area contributed by atoms with Gasteiger partial charge in [-0.25, -0.2) is 4.98 Å². The van der Waals surface area contributed by atoms with Crippen molar-refractivity contribution in [2.45, 2.75) is 12.5 Å². The number of thiazole rings is 1. The molecule has 0 aliphatic heterocycles. The second-order valence-electron chi connectivity index (χ2n) is 1.67. The number of aromatic nitrogens is 1. The second-order valence-corrected chi connectivity index (χ2v) is 2.60. The summed E-state index contributed by atoms with van der Waals surface area (Å²) in [5.74, 6) is 0. The summed E-state index contributed by atoms with van der Waals surface area (Å²) in [5, 5.41) is 11.7. The van der Waals surface area contributed by atoms with E-state index in [9.17, 15) is 0 Å². The molecule has 1 rings (SSSR count). The molecular weight excluding hydrogens is 134 g/mol. The van der Waals surface area contributed by atoms with Gasteiger partial charge in [-0.1, -0.05) is 6.92 Å². The minimum Gasteiger partial charge on any atom is -0.386 e. The SMILES string of the molecule is [CH2]CC(O)c1nccs1. The molecule has 49 valence electrons. The molecule has 3 heteroatoms. The molecule has 1 heterocycles. The molecule has 0 amide bonds. The molecule has 1 radical (unpaired) electrons. The van der Waals surface area contributed by atoms with Crippen LogP contribution >= 0.6 is 11.3 Å². The summed E-state index contributed by atoms with van der Waals surface area (Å²) >= 11 is 1.45. The van der Waals surface area contributed by atoms with Gasteiger partial charge >= 0.3 is 0 Å². The first kappa shape index (κ1) is 6.71. The molecule has 1 aromatic rings. The Hall–Kier alpha value is -0.410. The van der Waals surface area contributed by atoms with Gasteiger partial charge in [0.2, 0.25) is 0 Å². The molecule has 2 nitrogen and oxygen atoms in total. The summed E-state index contributed by atoms with van der Waals surface area (Å²) in [6.07, 6.45) is 1.71. The van der Waals surface area contributed by atoms with Crippen LogP contribution in [0.2, 0.25) is 0 Å². The number of hydrogen-bond donors (Lipinski definition) is 1. The van der Waals surface area contributed by atoms with Crippen LogP contribution in [0.15, 0.2) is 11.6 Å². The Morgan fingerprint density at radius 3 is 3.11 bits per heavy atom. The minimum atomic E-state index is -0.468. The third-order valence-electron chi connectivity index (χ3n) is 1.01. The van der Waals surface area contributed by atoms with E-state index < -0.39 is 6.10 Å². The van der Waals surface area contributed by atoms with E-state index in [0.29, 0.717) is 6.42 Å². The highest BCUT2D eigenvalue weighted by atomic mass is 32.1. The Bertz CT molecular complexity index is 162. The van der Waals surface area contributed by atoms with Crippen LogP contribution in [0.5, 0.6) is 0 Å². The van der Waals surface area contributed by atoms with Crippen molar-refractivity contribution in [3.8, 4) is 0 Å². The van der Waals surface area contributed by atoms with E-state index in [0.717, 1.165) is 5.01 Å². The van der Waals surface area contributed by atoms with Crippen molar-refractivity contribution in [1.82, 2.24) is 4.98 Å². The number of aliphatic hydroxyl groups excluding tert-OH is 1. The molecule has 1 N–H and O–H groups in total. The number of rotatable bonds is 2. The van der Waals surface area contributed by atoms with Gasteiger partial charge in [0.1, 0.15) is 11.1 Å². The molecule has 0 aromatic carbocycles. The van der Waals surface area contributed by atoms with Crippen molar-refractivity contribution in [3.05, 3.63) is 23.5 Å². The predicted molar refractivity (Wildman–Crippen MR) is 37.0 cm³/mol. The van der Waals surface area contributed by atoms with Gasteiger partial charge in [-0.05, 0) is 6.42 Å². The molecule has 0 aliphatic carbocycles. The van der Waals surface area contributed by atoms with Crippen molar-refractivity contribution in [3.63, 3.8) is 0 Å². The topological polar surface area (TPSA) is 33.1 Å². The van der Waals surface area contributed by atoms with Crippen LogP contribution in [0.3, 0.4) is 0 Å². The fraction of sp³-hybridized carbons (Fsp3) is 0.333. The smallest absolute Gasteiger partial charge is 0.121 e. The van der Waals surface area contributed by atoms with Crippen LogP contribution in [-0.4, -0.2) is 10.1 Å². The molecule has 0 aliphatic rings. The van der Waals surface area contributed by atoms with Crippen LogP contribution in [0, 0.1) is 6.92 Å². The van der Waals surface area contributed by atoms with Crippen molar-refractivity contribution in [2.75, 3.05) is 0 Å². The van der Waals surface area contributed by atoms with Crippen LogP contribution in [0.4, 0.5) is 0 Å². The average Bonchev–Trinajstić information content (AvgIpc) is 2.37. The van der Waals surface area contributed by atoms with Gasteiger partial charge < -0.3 is 5.11 Å². The lowest BCUT2D eigenvalue weighted by molar-refractivity contribution is 0.180. The molecule has 0 saturated carbocycles. The van der Waals surface area contributed by atoms with Gasteiger partial charge in [-0.15, -0.1) is 11.3 Å². The summed E-state index contributed by atoms with van der Waals surface area (Å²) < 4.78 is 0. The van der Waals surface area contributed by atoms with Crippen molar-refractivity contribution < 1.29 is 5.11 Å². The molecule has 1 atom stereocenters. The van der Waals surface area contributed by atoms with Crippen molar-refractivity contribution >= 4 is 11.3 Å². The maximum absolute atomic E-state index is 9.10. The molecule has 0 fully saturated rings. The number of nitrogens with zero attached hydrogens (tertiary/aromatic N) is 1. The molecular formula is C6H8NOS. The Labute approximate surface area is 58.2 Å². The van der Waals surface area contributed by atoms with Crippen LogP contribution in [0.25, 0.3) is 0 Å². The molecule has 0 bridgehead atoms. The van der Waals surface area contributed by atoms with Gasteiger partial charge in [-0.3, -0.25) is 0 Å². The predicted octanol–water partition coefficient (Wildman–Crippen LogP) is 1.40. The molecule has 9 heavy (non-hydrogen) atoms. The highest BCUT2D eigenvalue weighted by Crippen LogP contribution is 2.17. The first-order valence-corrected chi connectivity index (χ1v) is 3.59. The lowest BCUT2D eigenvalue weighted by Gasteiger charge is -1.99. The zero-order chi connectivity index (χ0) is 6.69. The first-order chi connectivity index (χ1) is 4.34. The quantitative estimate of drug-likeness (QED) is 0.677. The van der Waals surface area contributed by atoms with Crippen LogP contribution in [0.1, 0.15) is 17.5 Å². The maximum Gasteiger partial charge on any atom is 0.121 e. The summed E-state index contributed by atoms with van der Waals surface area (Å²) in [6, 6.07) is 0. The van der Waals surface area contributed by atoms with E-state index in [1.165, 1.54) is 11.3 Å². The second kappa shape index (κ2) is 2.94. The third kappa shape index (κ3) is 1.50. The zero-order valence-corrected chi connectivity index (χ0v) is 5.77. The summed E-state index contributed by atoms with van der Waals surface area (Å²) in [4.78, 5) is 3.92. The van der Waals surface area contributed by atoms with Gasteiger partial charge in [-0.2, -0.15) is 0 Å². The molecule has 1 unspecified atom stereocenters. The average molecular weight is 142 g/mol. The van der Waals surface area contributed by atoms with Gasteiger partial charge in [0, 0.05) is 11.6 Å². The maximum atomic E-state index is 9.10. The molecule has 0 spiro atoms. The lowest BCUT2D eigenvalue weighted by Crippen LogP contribution is -1.92. The standard InChI is InChI=1S/C6H8NOS/c1-2-5(8)6-7-3-4-9-6/h3-5,8H,1-2H2. The van der Waals surface area contributed by atoms with Crippen molar-refractivity contribution in [1.29, 1.82) is 0 Å². The number of hydrogen-bond acceptors (Lipinski definition) is 3. The summed E-state index contributed by atoms with van der Waals surface area (Å²) in [5.41, 5.74) is 0. The van der Waals surface area contributed by atoms with E-state index in [1.54, 1.807) is 6.20 Å². The van der Waals surface area contributed by atoms with E-state index in [2.05, 4.69) is 11.9 Å². The fourth-order valence-electron chi connectivity index (χ4n) is 0.523. The van der Waals surface area contributed by atoms with E-state index in [4.69, 9.17) is 5.11 Å². The highest BCUT2D eigenvalue weighted by molar-refractivity contribution is 7.09. The van der Waals surface area contributed by atoms with Crippen LogP contribution < -0.4 is 0 Å². The first-order valence-electron chi connectivity index (χ1n) is 2.71. The zero-order valence-electron chi connectivity index (χ0n) is 4.95. The Kier molecular flexibility index (Phi) is 2.19. The Morgan fingerprint density at radius 2 is 2.67 bits per heavy atom. The van der Waals surface area contributed by atoms with E-state index in [1.807, 2.05) is 5.38 Å². The van der Waals surface area contributed by atoms with Gasteiger partial charge in [0.15, 0.2) is 0 Å². The fourth-order valence-corrected chi connectivity index (χ4v) is 1.18. The van der Waals surface area contributed by atoms with Gasteiger partial charge in [0.05, 0.1) is 0 Å². The summed E-state index contributed by atoms with van der Waals surface area (Å²) in [7, 11) is 0. The summed E-state index contributed by atoms with van der Waals surface area (Å²) in [6.45, 7) is 3.56. The van der Waals surface area contributed by atoms with Gasteiger partial charge in [0.25, 0.3) is 0 Å². The normalized spacial score (nSPS) is 13.6. The highest BCUT2D eigenvalue weighted by Gasteiger charge is 2.05. The molecule has 0 saturated heterocycles.